The van der Waals surface area contributed by atoms with Gasteiger partial charge in [0.25, 0.3) is 5.91 Å². The molecule has 2 aromatic carbocycles. The fourth-order valence-electron chi connectivity index (χ4n) is 2.85. The van der Waals surface area contributed by atoms with Crippen LogP contribution in [0.15, 0.2) is 48.5 Å². The molecule has 0 bridgehead atoms. The van der Waals surface area contributed by atoms with Crippen molar-refractivity contribution in [2.24, 2.45) is 0 Å². The maximum Gasteiger partial charge on any atom is 0.255 e. The summed E-state index contributed by atoms with van der Waals surface area (Å²) in [6.07, 6.45) is 2.17. The molecule has 0 radical (unpaired) electrons. The van der Waals surface area contributed by atoms with Crippen molar-refractivity contribution in [2.75, 3.05) is 18.4 Å². The highest BCUT2D eigenvalue weighted by Gasteiger charge is 2.22. The topological polar surface area (TPSA) is 49.4 Å². The number of anilines is 1. The van der Waals surface area contributed by atoms with Crippen molar-refractivity contribution >= 4 is 17.5 Å². The number of benzene rings is 2. The molecule has 0 saturated carbocycles. The molecule has 0 unspecified atom stereocenters. The summed E-state index contributed by atoms with van der Waals surface area (Å²) in [7, 11) is 0. The van der Waals surface area contributed by atoms with Crippen molar-refractivity contribution in [1.29, 1.82) is 0 Å². The van der Waals surface area contributed by atoms with Gasteiger partial charge in [-0.3, -0.25) is 9.59 Å². The first-order chi connectivity index (χ1) is 11.6. The number of carbonyl (C=O) groups is 2. The predicted octanol–water partition coefficient (Wildman–Crippen LogP) is 3.24. The summed E-state index contributed by atoms with van der Waals surface area (Å²) in [4.78, 5) is 26.6. The van der Waals surface area contributed by atoms with E-state index >= 15 is 0 Å². The van der Waals surface area contributed by atoms with E-state index in [2.05, 4.69) is 5.32 Å². The number of amides is 2. The number of hydrogen-bond donors (Lipinski definition) is 1. The van der Waals surface area contributed by atoms with Gasteiger partial charge in [0.15, 0.2) is 0 Å². The summed E-state index contributed by atoms with van der Waals surface area (Å²) in [6, 6.07) is 12.8. The summed E-state index contributed by atoms with van der Waals surface area (Å²) in [5, 5.41) is 2.80. The lowest BCUT2D eigenvalue weighted by molar-refractivity contribution is -0.115. The first-order valence-corrected chi connectivity index (χ1v) is 8.06. The molecule has 0 atom stereocenters. The summed E-state index contributed by atoms with van der Waals surface area (Å²) in [6.45, 7) is 1.52. The molecule has 1 N–H and O–H groups in total. The molecular formula is C19H19FN2O2. The number of likely N-dealkylation sites (tertiary alicyclic amines) is 1. The predicted molar refractivity (Wildman–Crippen MR) is 90.3 cm³/mol. The second-order valence-electron chi connectivity index (χ2n) is 5.90. The number of nitrogens with zero attached hydrogens (tertiary/aromatic N) is 1. The van der Waals surface area contributed by atoms with Gasteiger partial charge in [-0.25, -0.2) is 4.39 Å². The van der Waals surface area contributed by atoms with Gasteiger partial charge in [-0.2, -0.15) is 0 Å². The minimum atomic E-state index is -0.333. The summed E-state index contributed by atoms with van der Waals surface area (Å²) >= 11 is 0. The Morgan fingerprint density at radius 1 is 1.00 bits per heavy atom. The van der Waals surface area contributed by atoms with Crippen molar-refractivity contribution in [3.63, 3.8) is 0 Å². The van der Waals surface area contributed by atoms with Gasteiger partial charge in [0.2, 0.25) is 5.91 Å². The summed E-state index contributed by atoms with van der Waals surface area (Å²) in [5.74, 6) is -0.617. The maximum absolute atomic E-state index is 12.9. The Kier molecular flexibility index (Phi) is 4.89. The van der Waals surface area contributed by atoms with Crippen LogP contribution < -0.4 is 5.32 Å². The van der Waals surface area contributed by atoms with Gasteiger partial charge in [-0.05, 0) is 42.7 Å². The van der Waals surface area contributed by atoms with Crippen LogP contribution in [0.3, 0.4) is 0 Å². The van der Waals surface area contributed by atoms with E-state index in [0.717, 1.165) is 31.5 Å². The lowest BCUT2D eigenvalue weighted by Gasteiger charge is -2.18. The van der Waals surface area contributed by atoms with E-state index in [9.17, 15) is 14.0 Å². The molecule has 4 nitrogen and oxygen atoms in total. The Morgan fingerprint density at radius 3 is 2.38 bits per heavy atom. The largest absolute Gasteiger partial charge is 0.339 e. The third-order valence-electron chi connectivity index (χ3n) is 4.10. The second-order valence-corrected chi connectivity index (χ2v) is 5.90. The minimum Gasteiger partial charge on any atom is -0.339 e. The monoisotopic (exact) mass is 326 g/mol. The highest BCUT2D eigenvalue weighted by molar-refractivity contribution is 6.04. The highest BCUT2D eigenvalue weighted by Crippen LogP contribution is 2.20. The molecule has 24 heavy (non-hydrogen) atoms. The van der Waals surface area contributed by atoms with Gasteiger partial charge in [0.05, 0.1) is 17.7 Å². The van der Waals surface area contributed by atoms with Crippen molar-refractivity contribution in [3.05, 3.63) is 65.5 Å². The van der Waals surface area contributed by atoms with Crippen molar-refractivity contribution in [2.45, 2.75) is 19.3 Å². The molecule has 1 heterocycles. The zero-order valence-electron chi connectivity index (χ0n) is 13.3. The Morgan fingerprint density at radius 2 is 1.67 bits per heavy atom. The number of para-hydroxylation sites is 1. The summed E-state index contributed by atoms with van der Waals surface area (Å²) < 4.78 is 12.9. The van der Waals surface area contributed by atoms with Gasteiger partial charge in [0, 0.05) is 13.1 Å². The molecule has 124 valence electrons. The molecule has 1 aliphatic rings. The van der Waals surface area contributed by atoms with Crippen LogP contribution in [0.2, 0.25) is 0 Å². The first kappa shape index (κ1) is 16.2. The van der Waals surface area contributed by atoms with Crippen LogP contribution in [0, 0.1) is 5.82 Å². The van der Waals surface area contributed by atoms with E-state index in [1.54, 1.807) is 36.4 Å². The average Bonchev–Trinajstić information content (AvgIpc) is 3.11. The van der Waals surface area contributed by atoms with E-state index < -0.39 is 0 Å². The zero-order chi connectivity index (χ0) is 16.9. The van der Waals surface area contributed by atoms with E-state index in [1.165, 1.54) is 12.1 Å². The van der Waals surface area contributed by atoms with E-state index in [-0.39, 0.29) is 24.1 Å². The van der Waals surface area contributed by atoms with E-state index in [1.807, 2.05) is 4.90 Å². The fourth-order valence-corrected chi connectivity index (χ4v) is 2.85. The Hall–Kier alpha value is -2.69. The van der Waals surface area contributed by atoms with E-state index in [0.29, 0.717) is 11.3 Å². The van der Waals surface area contributed by atoms with Gasteiger partial charge < -0.3 is 10.2 Å². The molecule has 1 aliphatic heterocycles. The first-order valence-electron chi connectivity index (χ1n) is 8.06. The van der Waals surface area contributed by atoms with Gasteiger partial charge in [0.1, 0.15) is 5.82 Å². The molecule has 0 aliphatic carbocycles. The minimum absolute atomic E-state index is 0.0508. The molecule has 5 heteroatoms. The molecule has 2 amide bonds. The summed E-state index contributed by atoms with van der Waals surface area (Å²) in [5.41, 5.74) is 1.74. The SMILES string of the molecule is O=C(Cc1ccc(F)cc1)Nc1ccccc1C(=O)N1CCCC1. The standard InChI is InChI=1S/C19H19FN2O2/c20-15-9-7-14(8-10-15)13-18(23)21-17-6-2-1-5-16(17)19(24)22-11-3-4-12-22/h1-2,5-10H,3-4,11-13H2,(H,21,23). The van der Waals surface area contributed by atoms with Gasteiger partial charge in [-0.1, -0.05) is 24.3 Å². The van der Waals surface area contributed by atoms with Crippen molar-refractivity contribution < 1.29 is 14.0 Å². The molecule has 2 aromatic rings. The van der Waals surface area contributed by atoms with Crippen molar-refractivity contribution in [3.8, 4) is 0 Å². The van der Waals surface area contributed by atoms with Crippen LogP contribution in [-0.2, 0) is 11.2 Å². The second kappa shape index (κ2) is 7.25. The molecule has 0 spiro atoms. The quantitative estimate of drug-likeness (QED) is 0.938. The lowest BCUT2D eigenvalue weighted by atomic mass is 10.1. The third-order valence-corrected chi connectivity index (χ3v) is 4.10. The number of rotatable bonds is 4. The fraction of sp³-hybridized carbons (Fsp3) is 0.263. The van der Waals surface area contributed by atoms with Crippen molar-refractivity contribution in [1.82, 2.24) is 4.90 Å². The highest BCUT2D eigenvalue weighted by atomic mass is 19.1. The van der Waals surface area contributed by atoms with Crippen LogP contribution in [0.1, 0.15) is 28.8 Å². The molecular weight excluding hydrogens is 307 g/mol. The van der Waals surface area contributed by atoms with Crippen LogP contribution in [-0.4, -0.2) is 29.8 Å². The van der Waals surface area contributed by atoms with Crippen LogP contribution in [0.4, 0.5) is 10.1 Å². The average molecular weight is 326 g/mol. The Bertz CT molecular complexity index is 737. The zero-order valence-corrected chi connectivity index (χ0v) is 13.3. The van der Waals surface area contributed by atoms with E-state index in [4.69, 9.17) is 0 Å². The molecule has 0 aromatic heterocycles. The molecule has 1 fully saturated rings. The normalized spacial score (nSPS) is 13.8. The lowest BCUT2D eigenvalue weighted by Crippen LogP contribution is -2.29. The van der Waals surface area contributed by atoms with Crippen LogP contribution >= 0.6 is 0 Å². The van der Waals surface area contributed by atoms with Crippen LogP contribution in [0.5, 0.6) is 0 Å². The third kappa shape index (κ3) is 3.79. The Labute approximate surface area is 140 Å². The Balaban J connectivity index is 1.71. The molecule has 3 rings (SSSR count). The molecule has 1 saturated heterocycles. The number of nitrogens with one attached hydrogen (secondary N) is 1. The number of halogens is 1. The van der Waals surface area contributed by atoms with Gasteiger partial charge in [-0.15, -0.1) is 0 Å². The smallest absolute Gasteiger partial charge is 0.255 e. The number of hydrogen-bond acceptors (Lipinski definition) is 2. The van der Waals surface area contributed by atoms with Crippen LogP contribution in [0.25, 0.3) is 0 Å². The van der Waals surface area contributed by atoms with Gasteiger partial charge >= 0.3 is 0 Å². The number of carbonyl (C=O) groups excluding carboxylic acids is 2. The maximum atomic E-state index is 12.9.